The van der Waals surface area contributed by atoms with Crippen molar-refractivity contribution in [3.8, 4) is 0 Å². The fourth-order valence-electron chi connectivity index (χ4n) is 2.11. The van der Waals surface area contributed by atoms with Gasteiger partial charge in [-0.15, -0.1) is 0 Å². The Morgan fingerprint density at radius 3 is 2.06 bits per heavy atom. The number of halogens is 2. The van der Waals surface area contributed by atoms with Crippen LogP contribution in [0.25, 0.3) is 0 Å². The monoisotopic (exact) mass is 257 g/mol. The van der Waals surface area contributed by atoms with Gasteiger partial charge in [-0.25, -0.2) is 8.78 Å². The molecule has 0 spiro atoms. The standard InChI is InChI=1S/C14H21F2NO/c1-9(2)5-10(3)17(4)14-12(15)6-11(8-18)7-13(14)16/h6-7,9-10,18H,5,8H2,1-4H3. The van der Waals surface area contributed by atoms with Crippen molar-refractivity contribution >= 4 is 5.69 Å². The maximum absolute atomic E-state index is 13.9. The Hall–Kier alpha value is -1.16. The zero-order valence-electron chi connectivity index (χ0n) is 11.4. The van der Waals surface area contributed by atoms with Crippen LogP contribution in [0, 0.1) is 17.6 Å². The maximum atomic E-state index is 13.9. The van der Waals surface area contributed by atoms with Crippen LogP contribution in [0.1, 0.15) is 32.8 Å². The number of rotatable bonds is 5. The summed E-state index contributed by atoms with van der Waals surface area (Å²) in [5.74, 6) is -0.792. The summed E-state index contributed by atoms with van der Waals surface area (Å²) in [6.45, 7) is 5.73. The van der Waals surface area contributed by atoms with E-state index in [4.69, 9.17) is 5.11 Å². The van der Waals surface area contributed by atoms with E-state index in [9.17, 15) is 8.78 Å². The highest BCUT2D eigenvalue weighted by Gasteiger charge is 2.19. The molecule has 0 aromatic heterocycles. The topological polar surface area (TPSA) is 23.5 Å². The summed E-state index contributed by atoms with van der Waals surface area (Å²) in [5.41, 5.74) is 0.221. The van der Waals surface area contributed by atoms with Crippen LogP contribution in [0.5, 0.6) is 0 Å². The molecule has 0 amide bonds. The summed E-state index contributed by atoms with van der Waals surface area (Å²) in [6.07, 6.45) is 0.858. The third-order valence-electron chi connectivity index (χ3n) is 3.09. The van der Waals surface area contributed by atoms with Gasteiger partial charge in [-0.05, 0) is 37.0 Å². The Bertz CT molecular complexity index is 384. The van der Waals surface area contributed by atoms with E-state index in [0.29, 0.717) is 5.92 Å². The summed E-state index contributed by atoms with van der Waals surface area (Å²) in [5, 5.41) is 8.90. The molecule has 0 fully saturated rings. The van der Waals surface area contributed by atoms with Crippen LogP contribution in [0.15, 0.2) is 12.1 Å². The van der Waals surface area contributed by atoms with Crippen LogP contribution in [0.4, 0.5) is 14.5 Å². The summed E-state index contributed by atoms with van der Waals surface area (Å²) < 4.78 is 27.7. The third-order valence-corrected chi connectivity index (χ3v) is 3.09. The Balaban J connectivity index is 3.02. The van der Waals surface area contributed by atoms with Crippen molar-refractivity contribution in [1.82, 2.24) is 0 Å². The van der Waals surface area contributed by atoms with Crippen molar-refractivity contribution in [2.75, 3.05) is 11.9 Å². The summed E-state index contributed by atoms with van der Waals surface area (Å²) in [4.78, 5) is 1.62. The molecule has 2 nitrogen and oxygen atoms in total. The smallest absolute Gasteiger partial charge is 0.149 e. The van der Waals surface area contributed by atoms with Crippen LogP contribution < -0.4 is 4.90 Å². The van der Waals surface area contributed by atoms with Crippen molar-refractivity contribution in [3.05, 3.63) is 29.3 Å². The van der Waals surface area contributed by atoms with Crippen LogP contribution >= 0.6 is 0 Å². The number of benzene rings is 1. The minimum Gasteiger partial charge on any atom is -0.392 e. The molecule has 1 rings (SSSR count). The molecule has 0 aliphatic rings. The normalized spacial score (nSPS) is 12.9. The van der Waals surface area contributed by atoms with Gasteiger partial charge in [0.25, 0.3) is 0 Å². The Morgan fingerprint density at radius 1 is 1.17 bits per heavy atom. The first kappa shape index (κ1) is 14.9. The number of aliphatic hydroxyl groups is 1. The van der Waals surface area contributed by atoms with Gasteiger partial charge in [0.1, 0.15) is 17.3 Å². The molecule has 0 saturated heterocycles. The van der Waals surface area contributed by atoms with Crippen LogP contribution in [0.2, 0.25) is 0 Å². The second-order valence-corrected chi connectivity index (χ2v) is 5.16. The lowest BCUT2D eigenvalue weighted by Crippen LogP contribution is -2.31. The maximum Gasteiger partial charge on any atom is 0.149 e. The molecule has 1 aromatic carbocycles. The van der Waals surface area contributed by atoms with Gasteiger partial charge in [-0.3, -0.25) is 0 Å². The van der Waals surface area contributed by atoms with Crippen molar-refractivity contribution in [3.63, 3.8) is 0 Å². The molecular formula is C14H21F2NO. The quantitative estimate of drug-likeness (QED) is 0.874. The molecule has 0 saturated carbocycles. The van der Waals surface area contributed by atoms with Gasteiger partial charge >= 0.3 is 0 Å². The molecule has 0 radical (unpaired) electrons. The lowest BCUT2D eigenvalue weighted by atomic mass is 10.0. The largest absolute Gasteiger partial charge is 0.392 e. The Kier molecular flexibility index (Phi) is 5.08. The minimum absolute atomic E-state index is 0.0275. The van der Waals surface area contributed by atoms with Gasteiger partial charge in [0.2, 0.25) is 0 Å². The van der Waals surface area contributed by atoms with Gasteiger partial charge in [-0.2, -0.15) is 0 Å². The van der Waals surface area contributed by atoms with Crippen LogP contribution in [0.3, 0.4) is 0 Å². The Morgan fingerprint density at radius 2 is 1.67 bits per heavy atom. The molecule has 0 aliphatic heterocycles. The second-order valence-electron chi connectivity index (χ2n) is 5.16. The number of aliphatic hydroxyl groups excluding tert-OH is 1. The summed E-state index contributed by atoms with van der Waals surface area (Å²) in [7, 11) is 1.69. The molecule has 0 aliphatic carbocycles. The lowest BCUT2D eigenvalue weighted by molar-refractivity contribution is 0.280. The van der Waals surface area contributed by atoms with E-state index in [1.165, 1.54) is 12.1 Å². The highest BCUT2D eigenvalue weighted by atomic mass is 19.1. The van der Waals surface area contributed by atoms with E-state index < -0.39 is 11.6 Å². The molecule has 18 heavy (non-hydrogen) atoms. The lowest BCUT2D eigenvalue weighted by Gasteiger charge is -2.29. The highest BCUT2D eigenvalue weighted by molar-refractivity contribution is 5.50. The molecule has 0 bridgehead atoms. The van der Waals surface area contributed by atoms with E-state index in [1.807, 2.05) is 6.92 Å². The van der Waals surface area contributed by atoms with Crippen molar-refractivity contribution in [2.24, 2.45) is 5.92 Å². The van der Waals surface area contributed by atoms with E-state index in [0.717, 1.165) is 6.42 Å². The fourth-order valence-corrected chi connectivity index (χ4v) is 2.11. The summed E-state index contributed by atoms with van der Waals surface area (Å²) >= 11 is 0. The molecule has 102 valence electrons. The molecule has 0 heterocycles. The van der Waals surface area contributed by atoms with E-state index in [-0.39, 0.29) is 23.9 Å². The first-order chi connectivity index (χ1) is 8.36. The number of anilines is 1. The Labute approximate surface area is 107 Å². The zero-order chi connectivity index (χ0) is 13.9. The van der Waals surface area contributed by atoms with E-state index in [1.54, 1.807) is 11.9 Å². The first-order valence-corrected chi connectivity index (χ1v) is 6.18. The van der Waals surface area contributed by atoms with Crippen molar-refractivity contribution < 1.29 is 13.9 Å². The van der Waals surface area contributed by atoms with E-state index in [2.05, 4.69) is 13.8 Å². The van der Waals surface area contributed by atoms with Crippen molar-refractivity contribution in [1.29, 1.82) is 0 Å². The number of nitrogens with zero attached hydrogens (tertiary/aromatic N) is 1. The molecule has 1 N–H and O–H groups in total. The highest BCUT2D eigenvalue weighted by Crippen LogP contribution is 2.27. The van der Waals surface area contributed by atoms with E-state index >= 15 is 0 Å². The minimum atomic E-state index is -0.628. The molecule has 4 heteroatoms. The van der Waals surface area contributed by atoms with Gasteiger partial charge in [0, 0.05) is 13.1 Å². The average Bonchev–Trinajstić information content (AvgIpc) is 2.26. The molecule has 1 aromatic rings. The number of hydrogen-bond donors (Lipinski definition) is 1. The fraction of sp³-hybridized carbons (Fsp3) is 0.571. The molecular weight excluding hydrogens is 236 g/mol. The van der Waals surface area contributed by atoms with Gasteiger partial charge in [-0.1, -0.05) is 13.8 Å². The predicted molar refractivity (Wildman–Crippen MR) is 69.6 cm³/mol. The molecule has 1 atom stereocenters. The molecule has 1 unspecified atom stereocenters. The predicted octanol–water partition coefficient (Wildman–Crippen LogP) is 3.33. The average molecular weight is 257 g/mol. The zero-order valence-corrected chi connectivity index (χ0v) is 11.4. The van der Waals surface area contributed by atoms with Gasteiger partial charge < -0.3 is 10.0 Å². The van der Waals surface area contributed by atoms with Gasteiger partial charge in [0.15, 0.2) is 0 Å². The third kappa shape index (κ3) is 3.42. The van der Waals surface area contributed by atoms with Crippen LogP contribution in [-0.2, 0) is 6.61 Å². The van der Waals surface area contributed by atoms with Crippen molar-refractivity contribution in [2.45, 2.75) is 39.8 Å². The SMILES string of the molecule is CC(C)CC(C)N(C)c1c(F)cc(CO)cc1F. The van der Waals surface area contributed by atoms with Gasteiger partial charge in [0.05, 0.1) is 6.61 Å². The second kappa shape index (κ2) is 6.14. The summed E-state index contributed by atoms with van der Waals surface area (Å²) in [6, 6.07) is 2.41. The van der Waals surface area contributed by atoms with Crippen LogP contribution in [-0.4, -0.2) is 18.2 Å². The number of hydrogen-bond acceptors (Lipinski definition) is 2. The first-order valence-electron chi connectivity index (χ1n) is 6.18.